The highest BCUT2D eigenvalue weighted by Gasteiger charge is 2.34. The number of rotatable bonds is 0. The summed E-state index contributed by atoms with van der Waals surface area (Å²) in [6.07, 6.45) is 5.80. The highest BCUT2D eigenvalue weighted by molar-refractivity contribution is 5.76. The van der Waals surface area contributed by atoms with E-state index in [2.05, 4.69) is 42.2 Å². The van der Waals surface area contributed by atoms with Crippen molar-refractivity contribution in [2.45, 2.75) is 89.5 Å². The van der Waals surface area contributed by atoms with Gasteiger partial charge in [0.2, 0.25) is 5.91 Å². The first-order valence-electron chi connectivity index (χ1n) is 11.6. The van der Waals surface area contributed by atoms with E-state index in [1.54, 1.807) is 0 Å². The first-order chi connectivity index (χ1) is 14.8. The lowest BCUT2D eigenvalue weighted by molar-refractivity contribution is -0.124. The van der Waals surface area contributed by atoms with Crippen LogP contribution in [0.2, 0.25) is 0 Å². The molecule has 166 valence electrons. The standard InChI is InChI=1S/C24H33N5O2/c1-24(2,3)29-22-13-20(28-29)16-8-7-15(9-16)10-23(30)26-18-11-19(12-18)31-14-17-5-4-6-21(25-17)27-22/h4-6,13,15-16,18-19H,7-12,14H2,1-3H3,(H,25,27)(H,26,30). The Morgan fingerprint density at radius 1 is 1.16 bits per heavy atom. The van der Waals surface area contributed by atoms with Gasteiger partial charge in [-0.15, -0.1) is 0 Å². The summed E-state index contributed by atoms with van der Waals surface area (Å²) in [5.74, 6) is 2.79. The average molecular weight is 424 g/mol. The lowest BCUT2D eigenvalue weighted by Crippen LogP contribution is -2.48. The van der Waals surface area contributed by atoms with Gasteiger partial charge in [-0.1, -0.05) is 6.07 Å². The van der Waals surface area contributed by atoms with Crippen LogP contribution in [-0.2, 0) is 21.7 Å². The quantitative estimate of drug-likeness (QED) is 0.663. The van der Waals surface area contributed by atoms with Crippen LogP contribution in [0, 0.1) is 5.92 Å². The van der Waals surface area contributed by atoms with Crippen molar-refractivity contribution in [1.82, 2.24) is 20.1 Å². The fraction of sp³-hybridized carbons (Fsp3) is 0.625. The third-order valence-corrected chi connectivity index (χ3v) is 6.79. The van der Waals surface area contributed by atoms with Gasteiger partial charge in [0.15, 0.2) is 0 Å². The van der Waals surface area contributed by atoms with Crippen molar-refractivity contribution >= 4 is 17.5 Å². The van der Waals surface area contributed by atoms with Crippen molar-refractivity contribution in [3.05, 3.63) is 35.7 Å². The summed E-state index contributed by atoms with van der Waals surface area (Å²) in [6.45, 7) is 6.97. The number of hydrogen-bond donors (Lipinski definition) is 2. The second-order valence-electron chi connectivity index (χ2n) is 10.4. The van der Waals surface area contributed by atoms with Crippen LogP contribution in [0.5, 0.6) is 0 Å². The Morgan fingerprint density at radius 3 is 2.81 bits per heavy atom. The summed E-state index contributed by atoms with van der Waals surface area (Å²) in [6, 6.07) is 8.41. The molecule has 2 unspecified atom stereocenters. The minimum absolute atomic E-state index is 0.154. The van der Waals surface area contributed by atoms with E-state index in [0.717, 1.165) is 55.1 Å². The fourth-order valence-electron chi connectivity index (χ4n) is 5.06. The van der Waals surface area contributed by atoms with Crippen LogP contribution < -0.4 is 10.6 Å². The van der Waals surface area contributed by atoms with E-state index in [1.807, 2.05) is 18.2 Å². The maximum atomic E-state index is 12.5. The van der Waals surface area contributed by atoms with Crippen molar-refractivity contribution < 1.29 is 9.53 Å². The molecule has 0 aromatic carbocycles. The Balaban J connectivity index is 1.45. The SMILES string of the molecule is CC(C)(C)n1nc2cc1Nc1cccc(n1)COC1CC(C1)NC(=O)CC1CCC2C1. The predicted molar refractivity (Wildman–Crippen MR) is 119 cm³/mol. The van der Waals surface area contributed by atoms with Crippen LogP contribution in [-0.4, -0.2) is 32.8 Å². The normalized spacial score (nSPS) is 28.7. The number of aromatic nitrogens is 3. The molecule has 7 heteroatoms. The molecule has 2 saturated carbocycles. The number of anilines is 2. The van der Waals surface area contributed by atoms with Crippen molar-refractivity contribution in [3.8, 4) is 0 Å². The second-order valence-corrected chi connectivity index (χ2v) is 10.4. The summed E-state index contributed by atoms with van der Waals surface area (Å²) in [5, 5.41) is 11.7. The number of carbonyl (C=O) groups excluding carboxylic acids is 1. The van der Waals surface area contributed by atoms with E-state index in [-0.39, 0.29) is 23.6 Å². The molecule has 6 rings (SSSR count). The number of nitrogens with one attached hydrogen (secondary N) is 2. The fourth-order valence-corrected chi connectivity index (χ4v) is 5.06. The zero-order chi connectivity index (χ0) is 21.6. The van der Waals surface area contributed by atoms with Crippen LogP contribution in [0.15, 0.2) is 24.3 Å². The maximum Gasteiger partial charge on any atom is 0.220 e. The lowest BCUT2D eigenvalue weighted by Gasteiger charge is -2.35. The molecule has 2 aromatic heterocycles. The van der Waals surface area contributed by atoms with Crippen LogP contribution in [0.3, 0.4) is 0 Å². The van der Waals surface area contributed by atoms with Gasteiger partial charge in [0, 0.05) is 24.4 Å². The molecule has 31 heavy (non-hydrogen) atoms. The van der Waals surface area contributed by atoms with E-state index < -0.39 is 0 Å². The van der Waals surface area contributed by atoms with Gasteiger partial charge in [-0.3, -0.25) is 4.79 Å². The smallest absolute Gasteiger partial charge is 0.220 e. The average Bonchev–Trinajstić information content (AvgIpc) is 3.30. The Hall–Kier alpha value is -2.41. The van der Waals surface area contributed by atoms with E-state index >= 15 is 0 Å². The minimum atomic E-state index is -0.154. The van der Waals surface area contributed by atoms with Gasteiger partial charge in [-0.25, -0.2) is 9.67 Å². The molecule has 2 N–H and O–H groups in total. The van der Waals surface area contributed by atoms with Crippen LogP contribution in [0.4, 0.5) is 11.6 Å². The Kier molecular flexibility index (Phi) is 5.24. The molecule has 2 aliphatic heterocycles. The molecule has 8 bridgehead atoms. The summed E-state index contributed by atoms with van der Waals surface area (Å²) >= 11 is 0. The molecule has 2 aliphatic carbocycles. The van der Waals surface area contributed by atoms with E-state index in [4.69, 9.17) is 14.8 Å². The largest absolute Gasteiger partial charge is 0.372 e. The number of ether oxygens (including phenoxy) is 1. The van der Waals surface area contributed by atoms with Gasteiger partial charge in [0.05, 0.1) is 29.6 Å². The van der Waals surface area contributed by atoms with Crippen LogP contribution in [0.25, 0.3) is 0 Å². The van der Waals surface area contributed by atoms with Crippen molar-refractivity contribution in [3.63, 3.8) is 0 Å². The third-order valence-electron chi connectivity index (χ3n) is 6.79. The first-order valence-corrected chi connectivity index (χ1v) is 11.6. The predicted octanol–water partition coefficient (Wildman–Crippen LogP) is 4.23. The molecular weight excluding hydrogens is 390 g/mol. The van der Waals surface area contributed by atoms with E-state index in [1.165, 1.54) is 0 Å². The maximum absolute atomic E-state index is 12.5. The molecule has 0 radical (unpaired) electrons. The molecule has 2 atom stereocenters. The van der Waals surface area contributed by atoms with E-state index in [9.17, 15) is 4.79 Å². The number of carbonyl (C=O) groups is 1. The zero-order valence-corrected chi connectivity index (χ0v) is 18.7. The zero-order valence-electron chi connectivity index (χ0n) is 18.7. The second kappa shape index (κ2) is 7.93. The number of amides is 1. The van der Waals surface area contributed by atoms with Crippen molar-refractivity contribution in [1.29, 1.82) is 0 Å². The molecule has 2 fully saturated rings. The van der Waals surface area contributed by atoms with Crippen LogP contribution >= 0.6 is 0 Å². The Morgan fingerprint density at radius 2 is 2.00 bits per heavy atom. The Labute approximate surface area is 184 Å². The minimum Gasteiger partial charge on any atom is -0.372 e. The van der Waals surface area contributed by atoms with Gasteiger partial charge in [0.25, 0.3) is 0 Å². The molecule has 7 nitrogen and oxygen atoms in total. The molecule has 0 saturated heterocycles. The monoisotopic (exact) mass is 423 g/mol. The van der Waals surface area contributed by atoms with Gasteiger partial charge in [0.1, 0.15) is 11.6 Å². The molecular formula is C24H33N5O2. The van der Waals surface area contributed by atoms with E-state index in [0.29, 0.717) is 24.9 Å². The highest BCUT2D eigenvalue weighted by Crippen LogP contribution is 2.41. The number of hydrogen-bond acceptors (Lipinski definition) is 5. The highest BCUT2D eigenvalue weighted by atomic mass is 16.5. The summed E-state index contributed by atoms with van der Waals surface area (Å²) in [4.78, 5) is 17.3. The lowest BCUT2D eigenvalue weighted by atomic mass is 9.88. The van der Waals surface area contributed by atoms with Gasteiger partial charge in [-0.2, -0.15) is 5.10 Å². The number of nitrogens with zero attached hydrogens (tertiary/aromatic N) is 3. The van der Waals surface area contributed by atoms with Gasteiger partial charge < -0.3 is 15.4 Å². The molecule has 4 aliphatic rings. The summed E-state index contributed by atoms with van der Waals surface area (Å²) < 4.78 is 8.09. The summed E-state index contributed by atoms with van der Waals surface area (Å²) in [7, 11) is 0. The molecule has 2 aromatic rings. The summed E-state index contributed by atoms with van der Waals surface area (Å²) in [5.41, 5.74) is 1.86. The topological polar surface area (TPSA) is 81.1 Å². The molecule has 4 heterocycles. The third kappa shape index (κ3) is 4.47. The van der Waals surface area contributed by atoms with Crippen molar-refractivity contribution in [2.75, 3.05) is 5.32 Å². The first kappa shape index (κ1) is 20.5. The van der Waals surface area contributed by atoms with Gasteiger partial charge >= 0.3 is 0 Å². The van der Waals surface area contributed by atoms with Crippen molar-refractivity contribution in [2.24, 2.45) is 5.92 Å². The molecule has 1 amide bonds. The number of fused-ring (bicyclic) bond motifs is 3. The Bertz CT molecular complexity index is 957. The molecule has 0 spiro atoms. The van der Waals surface area contributed by atoms with Crippen LogP contribution in [0.1, 0.15) is 76.6 Å². The van der Waals surface area contributed by atoms with Gasteiger partial charge in [-0.05, 0) is 70.9 Å². The number of pyridine rings is 1.